The standard InChI is InChI=1S/C17H18N2O2S/c20-14-3-1-2-13-15(12-4-6-18-7-5-12)17(22-16(13)14)19-8-10-21-11-9-19/h4-7H,1-3,8-11H2. The second kappa shape index (κ2) is 5.82. The third kappa shape index (κ3) is 2.34. The van der Waals surface area contributed by atoms with Gasteiger partial charge < -0.3 is 9.64 Å². The third-order valence-corrected chi connectivity index (χ3v) is 5.67. The van der Waals surface area contributed by atoms with E-state index < -0.39 is 0 Å². The van der Waals surface area contributed by atoms with Crippen molar-refractivity contribution in [2.24, 2.45) is 0 Å². The van der Waals surface area contributed by atoms with E-state index in [1.165, 1.54) is 21.7 Å². The van der Waals surface area contributed by atoms with Gasteiger partial charge in [0.15, 0.2) is 5.78 Å². The SMILES string of the molecule is O=C1CCCc2c1sc(N1CCOCC1)c2-c1ccncc1. The first-order chi connectivity index (χ1) is 10.8. The van der Waals surface area contributed by atoms with Crippen LogP contribution >= 0.6 is 11.3 Å². The Morgan fingerprint density at radius 3 is 2.68 bits per heavy atom. The number of fused-ring (bicyclic) bond motifs is 1. The lowest BCUT2D eigenvalue weighted by atomic mass is 9.92. The Labute approximate surface area is 133 Å². The summed E-state index contributed by atoms with van der Waals surface area (Å²) in [5.74, 6) is 0.307. The van der Waals surface area contributed by atoms with Crippen molar-refractivity contribution in [1.82, 2.24) is 4.98 Å². The molecule has 1 fully saturated rings. The minimum atomic E-state index is 0.307. The Kier molecular flexibility index (Phi) is 3.68. The zero-order valence-electron chi connectivity index (χ0n) is 12.4. The number of Topliss-reactive ketones (excluding diaryl/α,β-unsaturated/α-hetero) is 1. The van der Waals surface area contributed by atoms with Gasteiger partial charge in [-0.05, 0) is 36.1 Å². The lowest BCUT2D eigenvalue weighted by Crippen LogP contribution is -2.35. The maximum atomic E-state index is 12.3. The molecule has 4 rings (SSSR count). The predicted molar refractivity (Wildman–Crippen MR) is 87.9 cm³/mol. The van der Waals surface area contributed by atoms with Gasteiger partial charge in [-0.3, -0.25) is 9.78 Å². The van der Waals surface area contributed by atoms with Gasteiger partial charge >= 0.3 is 0 Å². The summed E-state index contributed by atoms with van der Waals surface area (Å²) in [6.45, 7) is 3.30. The molecule has 0 unspecified atom stereocenters. The lowest BCUT2D eigenvalue weighted by molar-refractivity contribution is 0.0977. The first kappa shape index (κ1) is 13.9. The van der Waals surface area contributed by atoms with Crippen molar-refractivity contribution in [3.8, 4) is 11.1 Å². The maximum absolute atomic E-state index is 12.3. The largest absolute Gasteiger partial charge is 0.378 e. The maximum Gasteiger partial charge on any atom is 0.173 e. The van der Waals surface area contributed by atoms with E-state index in [2.05, 4.69) is 9.88 Å². The van der Waals surface area contributed by atoms with Crippen molar-refractivity contribution in [1.29, 1.82) is 0 Å². The van der Waals surface area contributed by atoms with Crippen molar-refractivity contribution in [3.63, 3.8) is 0 Å². The summed E-state index contributed by atoms with van der Waals surface area (Å²) in [7, 11) is 0. The Bertz CT molecular complexity index is 690. The Morgan fingerprint density at radius 1 is 1.14 bits per heavy atom. The zero-order valence-corrected chi connectivity index (χ0v) is 13.2. The van der Waals surface area contributed by atoms with Crippen molar-refractivity contribution in [3.05, 3.63) is 35.0 Å². The molecule has 0 spiro atoms. The Hall–Kier alpha value is -1.72. The van der Waals surface area contributed by atoms with Gasteiger partial charge in [-0.15, -0.1) is 11.3 Å². The number of carbonyl (C=O) groups is 1. The molecule has 22 heavy (non-hydrogen) atoms. The van der Waals surface area contributed by atoms with E-state index in [1.807, 2.05) is 24.5 Å². The van der Waals surface area contributed by atoms with Gasteiger partial charge in [-0.2, -0.15) is 0 Å². The summed E-state index contributed by atoms with van der Waals surface area (Å²) >= 11 is 1.67. The van der Waals surface area contributed by atoms with Crippen LogP contribution in [0.2, 0.25) is 0 Å². The molecule has 1 saturated heterocycles. The molecule has 2 aliphatic rings. The quantitative estimate of drug-likeness (QED) is 0.854. The first-order valence-corrected chi connectivity index (χ1v) is 8.58. The van der Waals surface area contributed by atoms with Crippen LogP contribution in [0.3, 0.4) is 0 Å². The molecule has 2 aromatic heterocycles. The molecule has 0 atom stereocenters. The molecule has 0 N–H and O–H groups in total. The number of anilines is 1. The molecule has 3 heterocycles. The van der Waals surface area contributed by atoms with Crippen LogP contribution in [0.4, 0.5) is 5.00 Å². The molecule has 0 saturated carbocycles. The molecule has 0 bridgehead atoms. The molecule has 114 valence electrons. The average Bonchev–Trinajstić information content (AvgIpc) is 2.97. The number of ether oxygens (including phenoxy) is 1. The molecular weight excluding hydrogens is 296 g/mol. The van der Waals surface area contributed by atoms with E-state index >= 15 is 0 Å². The molecule has 1 aliphatic heterocycles. The van der Waals surface area contributed by atoms with Crippen LogP contribution in [0.15, 0.2) is 24.5 Å². The minimum Gasteiger partial charge on any atom is -0.378 e. The van der Waals surface area contributed by atoms with Gasteiger partial charge in [-0.1, -0.05) is 0 Å². The van der Waals surface area contributed by atoms with Crippen LogP contribution in [0.5, 0.6) is 0 Å². The smallest absolute Gasteiger partial charge is 0.173 e. The summed E-state index contributed by atoms with van der Waals surface area (Å²) in [6.07, 6.45) is 6.30. The van der Waals surface area contributed by atoms with Crippen molar-refractivity contribution < 1.29 is 9.53 Å². The molecule has 0 amide bonds. The highest BCUT2D eigenvalue weighted by Crippen LogP contribution is 2.45. The fourth-order valence-electron chi connectivity index (χ4n) is 3.26. The monoisotopic (exact) mass is 314 g/mol. The number of thiophene rings is 1. The summed E-state index contributed by atoms with van der Waals surface area (Å²) < 4.78 is 5.48. The number of hydrogen-bond acceptors (Lipinski definition) is 5. The molecule has 0 aromatic carbocycles. The van der Waals surface area contributed by atoms with Crippen LogP contribution in [0.1, 0.15) is 28.1 Å². The number of morpholine rings is 1. The summed E-state index contributed by atoms with van der Waals surface area (Å²) in [6, 6.07) is 4.09. The van der Waals surface area contributed by atoms with Gasteiger partial charge in [0.2, 0.25) is 0 Å². The third-order valence-electron chi connectivity index (χ3n) is 4.34. The number of aromatic nitrogens is 1. The predicted octanol–water partition coefficient (Wildman–Crippen LogP) is 3.17. The van der Waals surface area contributed by atoms with Gasteiger partial charge in [0.25, 0.3) is 0 Å². The van der Waals surface area contributed by atoms with Crippen molar-refractivity contribution >= 4 is 22.1 Å². The molecule has 5 heteroatoms. The lowest BCUT2D eigenvalue weighted by Gasteiger charge is -2.28. The van der Waals surface area contributed by atoms with E-state index in [4.69, 9.17) is 4.74 Å². The van der Waals surface area contributed by atoms with Crippen LogP contribution in [-0.4, -0.2) is 37.1 Å². The number of pyridine rings is 1. The van der Waals surface area contributed by atoms with Gasteiger partial charge in [0, 0.05) is 37.5 Å². The molecule has 4 nitrogen and oxygen atoms in total. The Morgan fingerprint density at radius 2 is 1.91 bits per heavy atom. The van der Waals surface area contributed by atoms with Gasteiger partial charge in [0.1, 0.15) is 0 Å². The molecule has 1 aliphatic carbocycles. The van der Waals surface area contributed by atoms with E-state index in [-0.39, 0.29) is 0 Å². The minimum absolute atomic E-state index is 0.307. The van der Waals surface area contributed by atoms with Gasteiger partial charge in [-0.25, -0.2) is 0 Å². The van der Waals surface area contributed by atoms with Crippen LogP contribution in [0, 0.1) is 0 Å². The molecule has 2 aromatic rings. The highest BCUT2D eigenvalue weighted by atomic mass is 32.1. The van der Waals surface area contributed by atoms with Gasteiger partial charge in [0.05, 0.1) is 23.1 Å². The number of nitrogens with zero attached hydrogens (tertiary/aromatic N) is 2. The van der Waals surface area contributed by atoms with E-state index in [0.29, 0.717) is 12.2 Å². The zero-order chi connectivity index (χ0) is 14.9. The second-order valence-corrected chi connectivity index (χ2v) is 6.70. The second-order valence-electron chi connectivity index (χ2n) is 5.70. The number of carbonyl (C=O) groups excluding carboxylic acids is 1. The highest BCUT2D eigenvalue weighted by Gasteiger charge is 2.29. The number of rotatable bonds is 2. The fourth-order valence-corrected chi connectivity index (χ4v) is 4.65. The normalized spacial score (nSPS) is 18.4. The fraction of sp³-hybridized carbons (Fsp3) is 0.412. The topological polar surface area (TPSA) is 42.4 Å². The summed E-state index contributed by atoms with van der Waals surface area (Å²) in [5.41, 5.74) is 3.66. The van der Waals surface area contributed by atoms with E-state index in [1.54, 1.807) is 11.3 Å². The van der Waals surface area contributed by atoms with Crippen LogP contribution in [-0.2, 0) is 11.2 Å². The van der Waals surface area contributed by atoms with Crippen LogP contribution < -0.4 is 4.90 Å². The average molecular weight is 314 g/mol. The molecular formula is C17H18N2O2S. The summed E-state index contributed by atoms with van der Waals surface area (Å²) in [5, 5.41) is 1.23. The van der Waals surface area contributed by atoms with E-state index in [9.17, 15) is 4.79 Å². The van der Waals surface area contributed by atoms with Crippen molar-refractivity contribution in [2.45, 2.75) is 19.3 Å². The molecule has 0 radical (unpaired) electrons. The Balaban J connectivity index is 1.87. The summed E-state index contributed by atoms with van der Waals surface area (Å²) in [4.78, 5) is 19.8. The number of hydrogen-bond donors (Lipinski definition) is 0. The highest BCUT2D eigenvalue weighted by molar-refractivity contribution is 7.19. The van der Waals surface area contributed by atoms with Crippen LogP contribution in [0.25, 0.3) is 11.1 Å². The number of ketones is 1. The first-order valence-electron chi connectivity index (χ1n) is 7.76. The van der Waals surface area contributed by atoms with Crippen molar-refractivity contribution in [2.75, 3.05) is 31.2 Å². The van der Waals surface area contributed by atoms with E-state index in [0.717, 1.165) is 44.0 Å².